The zero-order valence-electron chi connectivity index (χ0n) is 16.0. The summed E-state index contributed by atoms with van der Waals surface area (Å²) in [5.41, 5.74) is 2.67. The van der Waals surface area contributed by atoms with Gasteiger partial charge >= 0.3 is 0 Å². The second-order valence-corrected chi connectivity index (χ2v) is 7.11. The summed E-state index contributed by atoms with van der Waals surface area (Å²) in [6.07, 6.45) is 0.701. The Hall–Kier alpha value is -2.58. The van der Waals surface area contributed by atoms with Crippen LogP contribution >= 0.6 is 12.4 Å². The number of carbonyl (C=O) groups is 1. The Bertz CT molecular complexity index is 1060. The fourth-order valence-corrected chi connectivity index (χ4v) is 3.80. The second-order valence-electron chi connectivity index (χ2n) is 7.11. The van der Waals surface area contributed by atoms with Crippen LogP contribution in [0.3, 0.4) is 0 Å². The lowest BCUT2D eigenvalue weighted by Crippen LogP contribution is -2.50. The number of aryl methyl sites for hydroxylation is 2. The molecule has 1 aliphatic rings. The van der Waals surface area contributed by atoms with E-state index in [4.69, 9.17) is 4.52 Å². The number of halogens is 3. The van der Waals surface area contributed by atoms with Crippen molar-refractivity contribution in [2.24, 2.45) is 0 Å². The van der Waals surface area contributed by atoms with Crippen molar-refractivity contribution in [3.63, 3.8) is 0 Å². The van der Waals surface area contributed by atoms with Gasteiger partial charge in [0.25, 0.3) is 11.6 Å². The highest BCUT2D eigenvalue weighted by atomic mass is 35.5. The molecule has 1 aromatic carbocycles. The minimum absolute atomic E-state index is 0. The van der Waals surface area contributed by atoms with Crippen LogP contribution in [-0.4, -0.2) is 35.2 Å². The molecule has 2 unspecified atom stereocenters. The second kappa shape index (κ2) is 8.42. The van der Waals surface area contributed by atoms with Gasteiger partial charge in [-0.3, -0.25) is 4.79 Å². The first-order valence-electron chi connectivity index (χ1n) is 9.14. The molecule has 1 aliphatic heterocycles. The zero-order chi connectivity index (χ0) is 19.8. The highest BCUT2D eigenvalue weighted by Crippen LogP contribution is 2.28. The number of nitrogens with one attached hydrogen (secondary N) is 2. The minimum atomic E-state index is -0.882. The number of piperidine rings is 1. The van der Waals surface area contributed by atoms with E-state index in [2.05, 4.69) is 20.8 Å². The molecule has 0 bridgehead atoms. The van der Waals surface area contributed by atoms with Crippen LogP contribution in [0.4, 0.5) is 8.78 Å². The number of benzene rings is 1. The third kappa shape index (κ3) is 4.09. The molecule has 6 nitrogen and oxygen atoms in total. The van der Waals surface area contributed by atoms with Crippen molar-refractivity contribution >= 4 is 29.4 Å². The van der Waals surface area contributed by atoms with E-state index in [1.54, 1.807) is 26.0 Å². The van der Waals surface area contributed by atoms with Crippen LogP contribution in [0.1, 0.15) is 39.6 Å². The van der Waals surface area contributed by atoms with Crippen molar-refractivity contribution in [2.75, 3.05) is 13.1 Å². The zero-order valence-corrected chi connectivity index (χ0v) is 16.8. The van der Waals surface area contributed by atoms with Gasteiger partial charge in [-0.2, -0.15) is 0 Å². The topological polar surface area (TPSA) is 80.0 Å². The number of hydrogen-bond acceptors (Lipinski definition) is 5. The molecule has 3 heterocycles. The maximum atomic E-state index is 13.7. The highest BCUT2D eigenvalue weighted by Gasteiger charge is 2.29. The Balaban J connectivity index is 0.00000240. The highest BCUT2D eigenvalue weighted by molar-refractivity contribution is 6.06. The largest absolute Gasteiger partial charge is 0.347 e. The van der Waals surface area contributed by atoms with Crippen molar-refractivity contribution in [3.05, 3.63) is 58.4 Å². The summed E-state index contributed by atoms with van der Waals surface area (Å²) in [6, 6.07) is 5.34. The molecule has 0 aliphatic carbocycles. The first-order chi connectivity index (χ1) is 13.4. The van der Waals surface area contributed by atoms with E-state index < -0.39 is 11.6 Å². The monoisotopic (exact) mass is 422 g/mol. The molecule has 9 heteroatoms. The van der Waals surface area contributed by atoms with E-state index in [1.165, 1.54) is 6.07 Å². The van der Waals surface area contributed by atoms with Crippen molar-refractivity contribution in [3.8, 4) is 0 Å². The fourth-order valence-electron chi connectivity index (χ4n) is 3.80. The standard InChI is InChI=1S/C20H20F2N4O2.ClH/c1-10-7-14(18-11(2)26-28-20(18)24-10)19(27)25-17-9-23-6-5-13(17)12-3-4-15(21)16(22)8-12;/h3-4,7-8,13,17,23H,5-6,9H2,1-2H3,(H,25,27);1H. The summed E-state index contributed by atoms with van der Waals surface area (Å²) >= 11 is 0. The maximum Gasteiger partial charge on any atom is 0.258 e. The molecule has 1 saturated heterocycles. The molecule has 2 atom stereocenters. The summed E-state index contributed by atoms with van der Waals surface area (Å²) in [5.74, 6) is -2.16. The van der Waals surface area contributed by atoms with Crippen molar-refractivity contribution in [1.82, 2.24) is 20.8 Å². The number of amides is 1. The van der Waals surface area contributed by atoms with Crippen LogP contribution in [0.25, 0.3) is 11.1 Å². The molecule has 2 N–H and O–H groups in total. The summed E-state index contributed by atoms with van der Waals surface area (Å²) in [5, 5.41) is 10.8. The van der Waals surface area contributed by atoms with E-state index >= 15 is 0 Å². The lowest BCUT2D eigenvalue weighted by atomic mass is 9.85. The molecule has 29 heavy (non-hydrogen) atoms. The third-order valence-electron chi connectivity index (χ3n) is 5.16. The summed E-state index contributed by atoms with van der Waals surface area (Å²) in [4.78, 5) is 17.3. The quantitative estimate of drug-likeness (QED) is 0.676. The van der Waals surface area contributed by atoms with Crippen LogP contribution in [0, 0.1) is 25.5 Å². The molecule has 0 saturated carbocycles. The van der Waals surface area contributed by atoms with Crippen LogP contribution in [0.2, 0.25) is 0 Å². The van der Waals surface area contributed by atoms with E-state index in [-0.39, 0.29) is 30.3 Å². The molecule has 4 rings (SSSR count). The van der Waals surface area contributed by atoms with Gasteiger partial charge < -0.3 is 15.2 Å². The summed E-state index contributed by atoms with van der Waals surface area (Å²) < 4.78 is 32.2. The van der Waals surface area contributed by atoms with Crippen LogP contribution < -0.4 is 10.6 Å². The molecule has 0 spiro atoms. The Morgan fingerprint density at radius 3 is 2.79 bits per heavy atom. The Morgan fingerprint density at radius 1 is 1.24 bits per heavy atom. The predicted molar refractivity (Wildman–Crippen MR) is 106 cm³/mol. The van der Waals surface area contributed by atoms with Gasteiger partial charge in [0.15, 0.2) is 11.6 Å². The van der Waals surface area contributed by atoms with Gasteiger partial charge in [0.2, 0.25) is 0 Å². The van der Waals surface area contributed by atoms with Gasteiger partial charge in [-0.25, -0.2) is 13.8 Å². The SMILES string of the molecule is Cc1cc(C(=O)NC2CNCCC2c2ccc(F)c(F)c2)c2c(C)noc2n1.Cl. The first kappa shape index (κ1) is 21.1. The van der Waals surface area contributed by atoms with Crippen LogP contribution in [0.5, 0.6) is 0 Å². The number of rotatable bonds is 3. The van der Waals surface area contributed by atoms with E-state index in [0.29, 0.717) is 46.6 Å². The van der Waals surface area contributed by atoms with Gasteiger partial charge in [0.1, 0.15) is 0 Å². The fraction of sp³-hybridized carbons (Fsp3) is 0.350. The maximum absolute atomic E-state index is 13.7. The third-order valence-corrected chi connectivity index (χ3v) is 5.16. The van der Waals surface area contributed by atoms with Crippen LogP contribution in [-0.2, 0) is 0 Å². The average molecular weight is 423 g/mol. The first-order valence-corrected chi connectivity index (χ1v) is 9.14. The lowest BCUT2D eigenvalue weighted by molar-refractivity contribution is 0.0926. The molecular weight excluding hydrogens is 402 g/mol. The number of nitrogens with zero attached hydrogens (tertiary/aromatic N) is 2. The molecule has 1 fully saturated rings. The van der Waals surface area contributed by atoms with Gasteiger partial charge in [0, 0.05) is 24.2 Å². The molecule has 2 aromatic heterocycles. The number of aromatic nitrogens is 2. The van der Waals surface area contributed by atoms with Crippen molar-refractivity contribution in [1.29, 1.82) is 0 Å². The van der Waals surface area contributed by atoms with Gasteiger partial charge in [-0.1, -0.05) is 11.2 Å². The Kier molecular flexibility index (Phi) is 6.14. The van der Waals surface area contributed by atoms with Crippen molar-refractivity contribution < 1.29 is 18.1 Å². The molecule has 3 aromatic rings. The predicted octanol–water partition coefficient (Wildman–Crippen LogP) is 3.42. The van der Waals surface area contributed by atoms with E-state index in [0.717, 1.165) is 12.6 Å². The average Bonchev–Trinajstić information content (AvgIpc) is 3.04. The molecular formula is C20H21ClF2N4O2. The number of pyridine rings is 1. The number of fused-ring (bicyclic) bond motifs is 1. The normalized spacial score (nSPS) is 19.0. The van der Waals surface area contributed by atoms with Crippen molar-refractivity contribution in [2.45, 2.75) is 32.2 Å². The molecule has 1 amide bonds. The lowest BCUT2D eigenvalue weighted by Gasteiger charge is -2.33. The van der Waals surface area contributed by atoms with E-state index in [1.807, 2.05) is 0 Å². The Labute approximate surface area is 172 Å². The van der Waals surface area contributed by atoms with Crippen LogP contribution in [0.15, 0.2) is 28.8 Å². The van der Waals surface area contributed by atoms with Gasteiger partial charge in [0.05, 0.1) is 16.6 Å². The number of carbonyl (C=O) groups excluding carboxylic acids is 1. The smallest absolute Gasteiger partial charge is 0.258 e. The molecule has 154 valence electrons. The Morgan fingerprint density at radius 2 is 2.03 bits per heavy atom. The number of hydrogen-bond donors (Lipinski definition) is 2. The minimum Gasteiger partial charge on any atom is -0.347 e. The van der Waals surface area contributed by atoms with Gasteiger partial charge in [-0.05, 0) is 50.6 Å². The van der Waals surface area contributed by atoms with Gasteiger partial charge in [-0.15, -0.1) is 12.4 Å². The van der Waals surface area contributed by atoms with E-state index in [9.17, 15) is 13.6 Å². The summed E-state index contributed by atoms with van der Waals surface area (Å²) in [6.45, 7) is 4.80. The molecule has 0 radical (unpaired) electrons. The summed E-state index contributed by atoms with van der Waals surface area (Å²) in [7, 11) is 0.